The number of allylic oxidation sites excluding steroid dienone is 1. The van der Waals surface area contributed by atoms with Gasteiger partial charge in [-0.25, -0.2) is 9.18 Å². The predicted molar refractivity (Wildman–Crippen MR) is 143 cm³/mol. The quantitative estimate of drug-likeness (QED) is 0.452. The minimum Gasteiger partial charge on any atom is -0.492 e. The van der Waals surface area contributed by atoms with E-state index in [1.165, 1.54) is 25.8 Å². The fourth-order valence-electron chi connectivity index (χ4n) is 6.37. The molecule has 2 N–H and O–H groups in total. The van der Waals surface area contributed by atoms with Crippen LogP contribution in [0, 0.1) is 17.7 Å². The lowest BCUT2D eigenvalue weighted by Gasteiger charge is -2.43. The second-order valence-corrected chi connectivity index (χ2v) is 11.2. The average Bonchev–Trinajstić information content (AvgIpc) is 3.50. The lowest BCUT2D eigenvalue weighted by molar-refractivity contribution is 0.0694. The summed E-state index contributed by atoms with van der Waals surface area (Å²) < 4.78 is 23.2. The number of piperazine rings is 1. The van der Waals surface area contributed by atoms with Gasteiger partial charge >= 0.3 is 5.97 Å². The largest absolute Gasteiger partial charge is 0.492 e. The van der Waals surface area contributed by atoms with E-state index in [0.717, 1.165) is 24.4 Å². The number of pyridine rings is 1. The summed E-state index contributed by atoms with van der Waals surface area (Å²) in [6, 6.07) is 1.64. The first kappa shape index (κ1) is 24.2. The van der Waals surface area contributed by atoms with Gasteiger partial charge in [0, 0.05) is 44.0 Å². The fraction of sp³-hybridized carbons (Fsp3) is 0.519. The van der Waals surface area contributed by atoms with Gasteiger partial charge in [-0.05, 0) is 62.7 Å². The molecular formula is C27H31FN4O4S. The Kier molecular flexibility index (Phi) is 5.89. The molecule has 0 amide bonds. The third-order valence-corrected chi connectivity index (χ3v) is 8.72. The number of halogens is 1. The Morgan fingerprint density at radius 2 is 2.03 bits per heavy atom. The van der Waals surface area contributed by atoms with Crippen LogP contribution in [-0.2, 0) is 0 Å². The number of hydrogen-bond acceptors (Lipinski definition) is 5. The number of hydrogen-bond donors (Lipinski definition) is 2. The first-order chi connectivity index (χ1) is 17.8. The van der Waals surface area contributed by atoms with E-state index in [1.807, 2.05) is 4.90 Å². The molecule has 10 heteroatoms. The van der Waals surface area contributed by atoms with Crippen LogP contribution in [0.3, 0.4) is 0 Å². The molecule has 2 heterocycles. The molecule has 3 aliphatic carbocycles. The second-order valence-electron chi connectivity index (χ2n) is 10.8. The minimum absolute atomic E-state index is 0.0295. The Labute approximate surface area is 219 Å². The van der Waals surface area contributed by atoms with Crippen molar-refractivity contribution in [2.45, 2.75) is 50.7 Å². The average molecular weight is 527 g/mol. The molecule has 0 spiro atoms. The predicted octanol–water partition coefficient (Wildman–Crippen LogP) is 3.53. The molecule has 4 aliphatic rings. The summed E-state index contributed by atoms with van der Waals surface area (Å²) >= 11 is 5.78. The summed E-state index contributed by atoms with van der Waals surface area (Å²) in [7, 11) is 1.47. The normalized spacial score (nSPS) is 26.7. The SMILES string of the molecule is COc1c(N2CCN(C(=S)NC3CC4C=CC3C4)C(C)C2)c(F)cc2c(=O)c(C(=O)O)cn(C3CC3)c12. The number of nitrogens with zero attached hydrogens (tertiary/aromatic N) is 3. The van der Waals surface area contributed by atoms with E-state index >= 15 is 4.39 Å². The Morgan fingerprint density at radius 3 is 2.62 bits per heavy atom. The number of benzene rings is 1. The van der Waals surface area contributed by atoms with Crippen LogP contribution in [0.1, 0.15) is 49.0 Å². The Bertz CT molecular complexity index is 1390. The highest BCUT2D eigenvalue weighted by Crippen LogP contribution is 2.44. The van der Waals surface area contributed by atoms with Gasteiger partial charge in [-0.1, -0.05) is 12.2 Å². The minimum atomic E-state index is -1.32. The Balaban J connectivity index is 1.31. The van der Waals surface area contributed by atoms with Gasteiger partial charge in [0.1, 0.15) is 11.3 Å². The molecule has 1 aromatic carbocycles. The van der Waals surface area contributed by atoms with E-state index in [2.05, 4.69) is 29.3 Å². The topological polar surface area (TPSA) is 87.0 Å². The first-order valence-electron chi connectivity index (χ1n) is 13.0. The standard InChI is InChI=1S/C27H31FN4O4S/c1-14-12-30(7-8-31(14)27(37)29-21-10-15-3-4-16(21)9-15)23-20(28)11-18-22(25(23)36-2)32(17-5-6-17)13-19(24(18)33)26(34)35/h3-4,11,13-17,21H,5-10,12H2,1-2H3,(H,29,37)(H,34,35). The lowest BCUT2D eigenvalue weighted by atomic mass is 10.0. The third-order valence-electron chi connectivity index (χ3n) is 8.37. The van der Waals surface area contributed by atoms with Gasteiger partial charge in [-0.2, -0.15) is 0 Å². The first-order valence-corrected chi connectivity index (χ1v) is 13.4. The molecule has 1 aromatic heterocycles. The van der Waals surface area contributed by atoms with Gasteiger partial charge in [-0.15, -0.1) is 0 Å². The number of ether oxygens (including phenoxy) is 1. The lowest BCUT2D eigenvalue weighted by Crippen LogP contribution is -2.58. The second kappa shape index (κ2) is 9.01. The number of carboxylic acids is 1. The molecule has 196 valence electrons. The summed E-state index contributed by atoms with van der Waals surface area (Å²) in [5.74, 6) is -0.447. The molecule has 4 atom stereocenters. The van der Waals surface area contributed by atoms with Gasteiger partial charge in [0.15, 0.2) is 16.7 Å². The maximum absolute atomic E-state index is 15.7. The van der Waals surface area contributed by atoms with Crippen molar-refractivity contribution in [2.75, 3.05) is 31.6 Å². The molecule has 6 rings (SSSR count). The maximum Gasteiger partial charge on any atom is 0.341 e. The number of anilines is 1. The number of nitrogens with one attached hydrogen (secondary N) is 1. The van der Waals surface area contributed by atoms with E-state index in [1.54, 1.807) is 4.57 Å². The van der Waals surface area contributed by atoms with E-state index in [0.29, 0.717) is 48.7 Å². The highest BCUT2D eigenvalue weighted by atomic mass is 32.1. The number of carbonyl (C=O) groups is 1. The molecule has 1 aliphatic heterocycles. The van der Waals surface area contributed by atoms with Crippen molar-refractivity contribution >= 4 is 39.9 Å². The van der Waals surface area contributed by atoms with Crippen LogP contribution in [0.25, 0.3) is 10.9 Å². The molecule has 1 saturated heterocycles. The smallest absolute Gasteiger partial charge is 0.341 e. The van der Waals surface area contributed by atoms with Crippen LogP contribution in [0.4, 0.5) is 10.1 Å². The highest BCUT2D eigenvalue weighted by Gasteiger charge is 2.38. The zero-order chi connectivity index (χ0) is 26.0. The molecular weight excluding hydrogens is 495 g/mol. The van der Waals surface area contributed by atoms with Gasteiger partial charge in [0.25, 0.3) is 0 Å². The number of aromatic carboxylic acids is 1. The summed E-state index contributed by atoms with van der Waals surface area (Å²) in [4.78, 5) is 28.8. The zero-order valence-corrected chi connectivity index (χ0v) is 21.8. The summed E-state index contributed by atoms with van der Waals surface area (Å²) in [6.45, 7) is 3.75. The molecule has 37 heavy (non-hydrogen) atoms. The number of thiocarbonyl (C=S) groups is 1. The van der Waals surface area contributed by atoms with Crippen LogP contribution < -0.4 is 20.4 Å². The summed E-state index contributed by atoms with van der Waals surface area (Å²) in [6.07, 6.45) is 10.0. The van der Waals surface area contributed by atoms with Crippen LogP contribution in [0.5, 0.6) is 5.75 Å². The highest BCUT2D eigenvalue weighted by molar-refractivity contribution is 7.80. The summed E-state index contributed by atoms with van der Waals surface area (Å²) in [5, 5.41) is 13.9. The van der Waals surface area contributed by atoms with Crippen LogP contribution >= 0.6 is 12.2 Å². The number of rotatable bonds is 5. The maximum atomic E-state index is 15.7. The fourth-order valence-corrected chi connectivity index (χ4v) is 6.80. The molecule has 8 nitrogen and oxygen atoms in total. The number of aromatic nitrogens is 1. The van der Waals surface area contributed by atoms with Crippen LogP contribution in [0.2, 0.25) is 0 Å². The monoisotopic (exact) mass is 526 g/mol. The van der Waals surface area contributed by atoms with E-state index in [4.69, 9.17) is 17.0 Å². The van der Waals surface area contributed by atoms with Crippen molar-refractivity contribution in [3.8, 4) is 5.75 Å². The van der Waals surface area contributed by atoms with Gasteiger partial charge in [0.2, 0.25) is 5.43 Å². The number of carboxylic acid groups (broad SMARTS) is 1. The number of fused-ring (bicyclic) bond motifs is 3. The van der Waals surface area contributed by atoms with Crippen molar-refractivity contribution in [3.63, 3.8) is 0 Å². The van der Waals surface area contributed by atoms with E-state index in [9.17, 15) is 14.7 Å². The Hall–Kier alpha value is -3.14. The molecule has 2 bridgehead atoms. The zero-order valence-electron chi connectivity index (χ0n) is 20.9. The molecule has 4 unspecified atom stereocenters. The van der Waals surface area contributed by atoms with Crippen molar-refractivity contribution in [3.05, 3.63) is 46.0 Å². The van der Waals surface area contributed by atoms with Gasteiger partial charge in [-0.3, -0.25) is 4.79 Å². The van der Waals surface area contributed by atoms with Crippen molar-refractivity contribution in [1.82, 2.24) is 14.8 Å². The van der Waals surface area contributed by atoms with E-state index in [-0.39, 0.29) is 28.8 Å². The van der Waals surface area contributed by atoms with Gasteiger partial charge in [0.05, 0.1) is 18.0 Å². The van der Waals surface area contributed by atoms with Crippen LogP contribution in [-0.4, -0.2) is 64.5 Å². The summed E-state index contributed by atoms with van der Waals surface area (Å²) in [5.41, 5.74) is -0.306. The third kappa shape index (κ3) is 4.05. The molecule has 3 fully saturated rings. The molecule has 0 radical (unpaired) electrons. The molecule has 2 saturated carbocycles. The van der Waals surface area contributed by atoms with E-state index < -0.39 is 17.2 Å². The van der Waals surface area contributed by atoms with Gasteiger partial charge < -0.3 is 29.5 Å². The molecule has 2 aromatic rings. The van der Waals surface area contributed by atoms with Crippen molar-refractivity contribution < 1.29 is 19.0 Å². The van der Waals surface area contributed by atoms with Crippen LogP contribution in [0.15, 0.2) is 29.2 Å². The Morgan fingerprint density at radius 1 is 1.24 bits per heavy atom. The van der Waals surface area contributed by atoms with Crippen molar-refractivity contribution in [2.24, 2.45) is 11.8 Å². The number of methoxy groups -OCH3 is 1. The van der Waals surface area contributed by atoms with Crippen molar-refractivity contribution in [1.29, 1.82) is 0 Å².